The van der Waals surface area contributed by atoms with E-state index in [1.165, 1.54) is 19.3 Å². The summed E-state index contributed by atoms with van der Waals surface area (Å²) in [4.78, 5) is 24.5. The van der Waals surface area contributed by atoms with Crippen molar-refractivity contribution in [2.24, 2.45) is 0 Å². The highest BCUT2D eigenvalue weighted by Crippen LogP contribution is 2.07. The summed E-state index contributed by atoms with van der Waals surface area (Å²) in [5, 5.41) is 12.0. The first kappa shape index (κ1) is 23.6. The number of carboxylic acids is 1. The summed E-state index contributed by atoms with van der Waals surface area (Å²) < 4.78 is 0. The highest BCUT2D eigenvalue weighted by atomic mass is 16.4. The number of hydrogen-bond donors (Lipinski definition) is 2. The molecule has 0 fully saturated rings. The Balaban J connectivity index is 3.50. The van der Waals surface area contributed by atoms with Gasteiger partial charge in [-0.1, -0.05) is 38.3 Å². The fraction of sp³-hybridized carbons (Fsp3) is 0.800. The van der Waals surface area contributed by atoms with Gasteiger partial charge in [0.25, 0.3) is 0 Å². The summed E-state index contributed by atoms with van der Waals surface area (Å²) in [6.07, 6.45) is 15.3. The second kappa shape index (κ2) is 16.1. The van der Waals surface area contributed by atoms with Gasteiger partial charge >= 0.3 is 5.97 Å². The van der Waals surface area contributed by atoms with Crippen molar-refractivity contribution in [1.29, 1.82) is 0 Å². The van der Waals surface area contributed by atoms with Crippen LogP contribution in [0.25, 0.3) is 0 Å². The third kappa shape index (κ3) is 14.7. The Bertz CT molecular complexity index is 381. The summed E-state index contributed by atoms with van der Waals surface area (Å²) >= 11 is 0. The van der Waals surface area contributed by atoms with E-state index in [1.54, 1.807) is 19.0 Å². The van der Waals surface area contributed by atoms with Crippen molar-refractivity contribution < 1.29 is 14.7 Å². The predicted octanol–water partition coefficient (Wildman–Crippen LogP) is 3.98. The van der Waals surface area contributed by atoms with Crippen LogP contribution in [0.4, 0.5) is 0 Å². The zero-order valence-electron chi connectivity index (χ0n) is 16.4. The monoisotopic (exact) mass is 354 g/mol. The third-order valence-corrected chi connectivity index (χ3v) is 4.30. The maximum absolute atomic E-state index is 11.7. The molecule has 0 spiro atoms. The van der Waals surface area contributed by atoms with Crippen molar-refractivity contribution in [2.45, 2.75) is 83.6 Å². The molecule has 1 amide bonds. The smallest absolute Gasteiger partial charge is 0.320 e. The lowest BCUT2D eigenvalue weighted by Gasteiger charge is -2.19. The number of hydrogen-bond acceptors (Lipinski definition) is 3. The molecule has 0 heterocycles. The fourth-order valence-electron chi connectivity index (χ4n) is 2.66. The van der Waals surface area contributed by atoms with Crippen molar-refractivity contribution in [1.82, 2.24) is 10.2 Å². The molecule has 0 aromatic rings. The van der Waals surface area contributed by atoms with Gasteiger partial charge in [0.05, 0.1) is 0 Å². The predicted molar refractivity (Wildman–Crippen MR) is 104 cm³/mol. The van der Waals surface area contributed by atoms with E-state index in [1.807, 2.05) is 0 Å². The second-order valence-corrected chi connectivity index (χ2v) is 6.88. The number of aliphatic carboxylic acids is 1. The number of carboxylic acid groups (broad SMARTS) is 1. The Hall–Kier alpha value is -1.36. The van der Waals surface area contributed by atoms with Gasteiger partial charge in [-0.3, -0.25) is 14.5 Å². The minimum absolute atomic E-state index is 0.112. The molecule has 2 N–H and O–H groups in total. The largest absolute Gasteiger partial charge is 0.480 e. The van der Waals surface area contributed by atoms with Crippen molar-refractivity contribution in [2.75, 3.05) is 20.6 Å². The first-order chi connectivity index (χ1) is 12.0. The molecule has 0 aliphatic heterocycles. The maximum Gasteiger partial charge on any atom is 0.320 e. The van der Waals surface area contributed by atoms with Gasteiger partial charge in [-0.2, -0.15) is 0 Å². The van der Waals surface area contributed by atoms with Crippen LogP contribution in [-0.4, -0.2) is 48.6 Å². The Morgan fingerprint density at radius 3 is 2.28 bits per heavy atom. The van der Waals surface area contributed by atoms with Crippen LogP contribution < -0.4 is 5.32 Å². The lowest BCUT2D eigenvalue weighted by Crippen LogP contribution is -2.35. The topological polar surface area (TPSA) is 69.6 Å². The number of carbonyl (C=O) groups is 2. The lowest BCUT2D eigenvalue weighted by atomic mass is 10.1. The molecule has 0 saturated heterocycles. The number of carbonyl (C=O) groups excluding carboxylic acids is 1. The number of nitrogens with one attached hydrogen (secondary N) is 1. The number of rotatable bonds is 16. The van der Waals surface area contributed by atoms with Crippen LogP contribution in [-0.2, 0) is 9.59 Å². The zero-order chi connectivity index (χ0) is 18.9. The Morgan fingerprint density at radius 2 is 1.68 bits per heavy atom. The summed E-state index contributed by atoms with van der Waals surface area (Å²) in [5.74, 6) is -0.671. The van der Waals surface area contributed by atoms with Gasteiger partial charge in [0.1, 0.15) is 6.04 Å². The first-order valence-corrected chi connectivity index (χ1v) is 9.80. The number of likely N-dealkylation sites (N-methyl/N-ethyl adjacent to an activating group) is 1. The highest BCUT2D eigenvalue weighted by Gasteiger charge is 2.18. The van der Waals surface area contributed by atoms with Crippen LogP contribution >= 0.6 is 0 Å². The third-order valence-electron chi connectivity index (χ3n) is 4.30. The molecule has 0 aromatic carbocycles. The number of nitrogens with zero attached hydrogens (tertiary/aromatic N) is 1. The van der Waals surface area contributed by atoms with Gasteiger partial charge < -0.3 is 10.4 Å². The molecule has 1 atom stereocenters. The standard InChI is InChI=1S/C20H38N2O3/c1-4-5-6-7-8-9-10-11-12-16-19(23)21-17-14-13-15-18(20(24)25)22(2)3/h7-8,18H,4-6,9-17H2,1-3H3,(H,21,23)(H,24,25)/b8-7+/t18-/m0/s1. The average Bonchev–Trinajstić information content (AvgIpc) is 2.55. The van der Waals surface area contributed by atoms with E-state index in [-0.39, 0.29) is 5.91 Å². The van der Waals surface area contributed by atoms with Gasteiger partial charge in [0.15, 0.2) is 0 Å². The van der Waals surface area contributed by atoms with Crippen molar-refractivity contribution >= 4 is 11.9 Å². The van der Waals surface area contributed by atoms with Crippen LogP contribution in [0.2, 0.25) is 0 Å². The van der Waals surface area contributed by atoms with E-state index < -0.39 is 12.0 Å². The van der Waals surface area contributed by atoms with Crippen molar-refractivity contribution in [3.8, 4) is 0 Å². The minimum atomic E-state index is -0.783. The lowest BCUT2D eigenvalue weighted by molar-refractivity contribution is -0.142. The summed E-state index contributed by atoms with van der Waals surface area (Å²) in [7, 11) is 3.56. The highest BCUT2D eigenvalue weighted by molar-refractivity contribution is 5.75. The van der Waals surface area contributed by atoms with E-state index in [4.69, 9.17) is 5.11 Å². The SMILES string of the molecule is CCCC/C=C/CCCCCC(=O)NCCCC[C@@H](C(=O)O)N(C)C. The number of unbranched alkanes of at least 4 members (excludes halogenated alkanes) is 6. The molecule has 0 unspecified atom stereocenters. The molecule has 5 nitrogen and oxygen atoms in total. The molecule has 0 aliphatic carbocycles. The fourth-order valence-corrected chi connectivity index (χ4v) is 2.66. The molecular weight excluding hydrogens is 316 g/mol. The number of amides is 1. The van der Waals surface area contributed by atoms with Gasteiger partial charge in [-0.05, 0) is 59.0 Å². The molecule has 146 valence electrons. The molecule has 5 heteroatoms. The molecule has 0 aromatic heterocycles. The van der Waals surface area contributed by atoms with Crippen LogP contribution in [0.5, 0.6) is 0 Å². The van der Waals surface area contributed by atoms with Gasteiger partial charge in [0.2, 0.25) is 5.91 Å². The molecule has 25 heavy (non-hydrogen) atoms. The van der Waals surface area contributed by atoms with E-state index in [0.717, 1.165) is 38.5 Å². The molecule has 0 saturated carbocycles. The quantitative estimate of drug-likeness (QED) is 0.325. The maximum atomic E-state index is 11.7. The van der Waals surface area contributed by atoms with Crippen molar-refractivity contribution in [3.63, 3.8) is 0 Å². The van der Waals surface area contributed by atoms with Gasteiger partial charge in [-0.25, -0.2) is 0 Å². The van der Waals surface area contributed by atoms with Gasteiger partial charge in [-0.15, -0.1) is 0 Å². The minimum Gasteiger partial charge on any atom is -0.480 e. The van der Waals surface area contributed by atoms with Crippen LogP contribution in [0.1, 0.15) is 77.6 Å². The second-order valence-electron chi connectivity index (χ2n) is 6.88. The van der Waals surface area contributed by atoms with E-state index in [2.05, 4.69) is 24.4 Å². The first-order valence-electron chi connectivity index (χ1n) is 9.80. The zero-order valence-corrected chi connectivity index (χ0v) is 16.4. The van der Waals surface area contributed by atoms with Crippen molar-refractivity contribution in [3.05, 3.63) is 12.2 Å². The van der Waals surface area contributed by atoms with E-state index in [9.17, 15) is 9.59 Å². The molecular formula is C20H38N2O3. The Labute approximate surface area is 153 Å². The summed E-state index contributed by atoms with van der Waals surface area (Å²) in [6, 6.07) is -0.438. The summed E-state index contributed by atoms with van der Waals surface area (Å²) in [6.45, 7) is 2.84. The Morgan fingerprint density at radius 1 is 1.00 bits per heavy atom. The molecule has 0 aliphatic rings. The molecule has 0 bridgehead atoms. The molecule has 0 rings (SSSR count). The van der Waals surface area contributed by atoms with Crippen LogP contribution in [0.3, 0.4) is 0 Å². The van der Waals surface area contributed by atoms with Gasteiger partial charge in [0, 0.05) is 13.0 Å². The van der Waals surface area contributed by atoms with E-state index in [0.29, 0.717) is 19.4 Å². The normalized spacial score (nSPS) is 12.6. The Kier molecular flexibility index (Phi) is 15.2. The van der Waals surface area contributed by atoms with Crippen LogP contribution in [0.15, 0.2) is 12.2 Å². The van der Waals surface area contributed by atoms with Crippen LogP contribution in [0, 0.1) is 0 Å². The molecule has 0 radical (unpaired) electrons. The number of allylic oxidation sites excluding steroid dienone is 2. The summed E-state index contributed by atoms with van der Waals surface area (Å²) in [5.41, 5.74) is 0. The average molecular weight is 355 g/mol. The van der Waals surface area contributed by atoms with E-state index >= 15 is 0 Å².